The summed E-state index contributed by atoms with van der Waals surface area (Å²) in [6.07, 6.45) is 18.0. The lowest BCUT2D eigenvalue weighted by atomic mass is 9.79. The van der Waals surface area contributed by atoms with Crippen molar-refractivity contribution < 1.29 is 28.5 Å². The number of allylic oxidation sites excluding steroid dienone is 2. The van der Waals surface area contributed by atoms with Gasteiger partial charge in [-0.3, -0.25) is 0 Å². The fourth-order valence-corrected chi connectivity index (χ4v) is 5.49. The van der Waals surface area contributed by atoms with Gasteiger partial charge in [0.05, 0.1) is 13.2 Å². The molecule has 0 aromatic heterocycles. The SMILES string of the molecule is CCCCCC1CCC(/C=C/CCc2ccc(C3O[C@@H](C(=O)OCCCC)[C@H](C(=O)OCCCC)O3)cc2)CC1. The predicted molar refractivity (Wildman–Crippen MR) is 158 cm³/mol. The molecule has 0 amide bonds. The maximum atomic E-state index is 12.7. The molecule has 0 bridgehead atoms. The van der Waals surface area contributed by atoms with Crippen molar-refractivity contribution in [3.63, 3.8) is 0 Å². The summed E-state index contributed by atoms with van der Waals surface area (Å²) in [5, 5.41) is 0. The highest BCUT2D eigenvalue weighted by molar-refractivity contribution is 5.86. The molecule has 6 nitrogen and oxygen atoms in total. The van der Waals surface area contributed by atoms with Crippen LogP contribution in [-0.4, -0.2) is 37.4 Å². The molecule has 40 heavy (non-hydrogen) atoms. The van der Waals surface area contributed by atoms with Crippen LogP contribution in [0.2, 0.25) is 0 Å². The molecule has 1 aromatic rings. The number of ether oxygens (including phenoxy) is 4. The molecule has 1 saturated heterocycles. The molecule has 1 aliphatic heterocycles. The van der Waals surface area contributed by atoms with E-state index in [2.05, 4.69) is 31.2 Å². The Kier molecular flexibility index (Phi) is 14.8. The molecule has 3 rings (SSSR count). The third-order valence-corrected chi connectivity index (χ3v) is 8.13. The van der Waals surface area contributed by atoms with Gasteiger partial charge in [-0.25, -0.2) is 9.59 Å². The smallest absolute Gasteiger partial charge is 0.338 e. The highest BCUT2D eigenvalue weighted by Crippen LogP contribution is 2.34. The lowest BCUT2D eigenvalue weighted by Crippen LogP contribution is -2.39. The van der Waals surface area contributed by atoms with Gasteiger partial charge in [-0.15, -0.1) is 0 Å². The predicted octanol–water partition coefficient (Wildman–Crippen LogP) is 8.03. The van der Waals surface area contributed by atoms with Crippen molar-refractivity contribution in [2.45, 2.75) is 129 Å². The van der Waals surface area contributed by atoms with Crippen LogP contribution in [0.4, 0.5) is 0 Å². The minimum Gasteiger partial charge on any atom is -0.464 e. The Morgan fingerprint density at radius 3 is 1.93 bits per heavy atom. The van der Waals surface area contributed by atoms with Crippen molar-refractivity contribution in [3.8, 4) is 0 Å². The van der Waals surface area contributed by atoms with Crippen LogP contribution in [0, 0.1) is 11.8 Å². The zero-order valence-corrected chi connectivity index (χ0v) is 25.1. The van der Waals surface area contributed by atoms with Crippen molar-refractivity contribution in [1.29, 1.82) is 0 Å². The Hall–Kier alpha value is -2.18. The topological polar surface area (TPSA) is 71.1 Å². The number of esters is 2. The van der Waals surface area contributed by atoms with E-state index >= 15 is 0 Å². The van der Waals surface area contributed by atoms with Crippen molar-refractivity contribution in [2.75, 3.05) is 13.2 Å². The van der Waals surface area contributed by atoms with E-state index in [9.17, 15) is 9.59 Å². The number of aryl methyl sites for hydroxylation is 1. The second-order valence-corrected chi connectivity index (χ2v) is 11.5. The standard InChI is InChI=1S/C34H52O6/c1-4-7-10-13-26-16-18-27(19-17-26)14-11-12-15-28-20-22-29(23-21-28)34-39-30(32(35)37-24-8-5-2)31(40-34)33(36)38-25-9-6-3/h11,14,20-23,26-27,30-31,34H,4-10,12-13,15-19,24-25H2,1-3H3/b14-11+/t26?,27?,30-,31-/m1/s1. The third-order valence-electron chi connectivity index (χ3n) is 8.13. The van der Waals surface area contributed by atoms with E-state index in [4.69, 9.17) is 18.9 Å². The summed E-state index contributed by atoms with van der Waals surface area (Å²) < 4.78 is 22.5. The van der Waals surface area contributed by atoms with Crippen LogP contribution in [0.1, 0.15) is 122 Å². The monoisotopic (exact) mass is 556 g/mol. The Morgan fingerprint density at radius 2 is 1.38 bits per heavy atom. The Balaban J connectivity index is 1.47. The van der Waals surface area contributed by atoms with Gasteiger partial charge in [0.1, 0.15) is 0 Å². The highest BCUT2D eigenvalue weighted by atomic mass is 16.8. The number of carbonyl (C=O) groups is 2. The van der Waals surface area contributed by atoms with Crippen LogP contribution in [0.15, 0.2) is 36.4 Å². The summed E-state index contributed by atoms with van der Waals surface area (Å²) in [7, 11) is 0. The molecule has 0 radical (unpaired) electrons. The molecule has 1 saturated carbocycles. The van der Waals surface area contributed by atoms with E-state index in [1.165, 1.54) is 56.9 Å². The molecule has 1 heterocycles. The first-order chi connectivity index (χ1) is 19.5. The van der Waals surface area contributed by atoms with E-state index < -0.39 is 30.4 Å². The molecular formula is C34H52O6. The van der Waals surface area contributed by atoms with Gasteiger partial charge in [0.25, 0.3) is 0 Å². The summed E-state index contributed by atoms with van der Waals surface area (Å²) >= 11 is 0. The maximum Gasteiger partial charge on any atom is 0.338 e. The Bertz CT molecular complexity index is 856. The molecule has 0 N–H and O–H groups in total. The molecule has 2 aliphatic rings. The number of unbranched alkanes of at least 4 members (excludes halogenated alkanes) is 4. The first kappa shape index (κ1) is 32.3. The van der Waals surface area contributed by atoms with E-state index in [1.54, 1.807) is 0 Å². The number of carbonyl (C=O) groups excluding carboxylic acids is 2. The number of rotatable bonds is 17. The zero-order valence-electron chi connectivity index (χ0n) is 25.1. The van der Waals surface area contributed by atoms with Gasteiger partial charge in [-0.2, -0.15) is 0 Å². The first-order valence-corrected chi connectivity index (χ1v) is 15.9. The van der Waals surface area contributed by atoms with Crippen LogP contribution in [0.5, 0.6) is 0 Å². The van der Waals surface area contributed by atoms with Crippen LogP contribution < -0.4 is 0 Å². The molecule has 0 spiro atoms. The fraction of sp³-hybridized carbons (Fsp3) is 0.706. The van der Waals surface area contributed by atoms with Gasteiger partial charge in [-0.1, -0.05) is 95.7 Å². The number of hydrogen-bond donors (Lipinski definition) is 0. The van der Waals surface area contributed by atoms with Gasteiger partial charge in [-0.05, 0) is 68.8 Å². The average Bonchev–Trinajstić information content (AvgIpc) is 3.43. The van der Waals surface area contributed by atoms with E-state index in [-0.39, 0.29) is 0 Å². The molecular weight excluding hydrogens is 504 g/mol. The van der Waals surface area contributed by atoms with Gasteiger partial charge >= 0.3 is 11.9 Å². The van der Waals surface area contributed by atoms with Gasteiger partial charge in [0.2, 0.25) is 0 Å². The lowest BCUT2D eigenvalue weighted by molar-refractivity contribution is -0.163. The Labute approximate surface area is 242 Å². The van der Waals surface area contributed by atoms with Gasteiger partial charge < -0.3 is 18.9 Å². The summed E-state index contributed by atoms with van der Waals surface area (Å²) in [5.74, 6) is 0.528. The van der Waals surface area contributed by atoms with Crippen LogP contribution in [0.3, 0.4) is 0 Å². The third kappa shape index (κ3) is 10.7. The first-order valence-electron chi connectivity index (χ1n) is 15.9. The quantitative estimate of drug-likeness (QED) is 0.110. The van der Waals surface area contributed by atoms with Crippen molar-refractivity contribution >= 4 is 11.9 Å². The van der Waals surface area contributed by atoms with Gasteiger partial charge in [0.15, 0.2) is 18.5 Å². The number of benzene rings is 1. The Morgan fingerprint density at radius 1 is 0.800 bits per heavy atom. The summed E-state index contributed by atoms with van der Waals surface area (Å²) in [5.41, 5.74) is 2.00. The van der Waals surface area contributed by atoms with Crippen molar-refractivity contribution in [3.05, 3.63) is 47.5 Å². The van der Waals surface area contributed by atoms with Crippen molar-refractivity contribution in [2.24, 2.45) is 11.8 Å². The minimum absolute atomic E-state index is 0.293. The second kappa shape index (κ2) is 18.3. The summed E-state index contributed by atoms with van der Waals surface area (Å²) in [4.78, 5) is 25.4. The largest absolute Gasteiger partial charge is 0.464 e. The second-order valence-electron chi connectivity index (χ2n) is 11.5. The van der Waals surface area contributed by atoms with Gasteiger partial charge in [0, 0.05) is 5.56 Å². The fourth-order valence-electron chi connectivity index (χ4n) is 5.49. The molecule has 2 fully saturated rings. The molecule has 224 valence electrons. The van der Waals surface area contributed by atoms with Crippen LogP contribution in [-0.2, 0) is 35.0 Å². The highest BCUT2D eigenvalue weighted by Gasteiger charge is 2.47. The maximum absolute atomic E-state index is 12.7. The lowest BCUT2D eigenvalue weighted by Gasteiger charge is -2.26. The van der Waals surface area contributed by atoms with E-state index in [1.807, 2.05) is 26.0 Å². The molecule has 0 unspecified atom stereocenters. The van der Waals surface area contributed by atoms with Crippen LogP contribution in [0.25, 0.3) is 0 Å². The molecule has 6 heteroatoms. The number of hydrogen-bond acceptors (Lipinski definition) is 6. The molecule has 2 atom stereocenters. The average molecular weight is 557 g/mol. The van der Waals surface area contributed by atoms with Crippen LogP contribution >= 0.6 is 0 Å². The summed E-state index contributed by atoms with van der Waals surface area (Å²) in [6, 6.07) is 8.04. The van der Waals surface area contributed by atoms with E-state index in [0.717, 1.165) is 55.9 Å². The van der Waals surface area contributed by atoms with Crippen molar-refractivity contribution in [1.82, 2.24) is 0 Å². The summed E-state index contributed by atoms with van der Waals surface area (Å²) in [6.45, 7) is 6.91. The minimum atomic E-state index is -1.13. The molecule has 1 aromatic carbocycles. The van der Waals surface area contributed by atoms with E-state index in [0.29, 0.717) is 13.2 Å². The molecule has 1 aliphatic carbocycles. The zero-order chi connectivity index (χ0) is 28.6. The normalized spacial score (nSPS) is 23.5.